The number of hydrogen-bond donors (Lipinski definition) is 1. The molecule has 0 spiro atoms. The lowest BCUT2D eigenvalue weighted by Crippen LogP contribution is -2.22. The minimum atomic E-state index is -0.501. The van der Waals surface area contributed by atoms with Gasteiger partial charge >= 0.3 is 5.97 Å². The molecule has 0 atom stereocenters. The molecule has 0 fully saturated rings. The molecule has 2 rings (SSSR count). The Morgan fingerprint density at radius 3 is 2.61 bits per heavy atom. The Hall–Kier alpha value is -1.89. The molecule has 0 aliphatic carbocycles. The van der Waals surface area contributed by atoms with Crippen LogP contribution >= 0.6 is 22.6 Å². The van der Waals surface area contributed by atoms with E-state index in [-0.39, 0.29) is 12.5 Å². The maximum Gasteiger partial charge on any atom is 0.338 e. The van der Waals surface area contributed by atoms with E-state index in [1.165, 1.54) is 0 Å². The van der Waals surface area contributed by atoms with Gasteiger partial charge in [0.2, 0.25) is 0 Å². The molecule has 1 N–H and O–H groups in total. The summed E-state index contributed by atoms with van der Waals surface area (Å²) in [4.78, 5) is 24.0. The van der Waals surface area contributed by atoms with Gasteiger partial charge in [0.25, 0.3) is 5.91 Å². The molecular weight excluding hydrogens is 405 g/mol. The van der Waals surface area contributed by atoms with Crippen LogP contribution in [0.2, 0.25) is 0 Å². The summed E-state index contributed by atoms with van der Waals surface area (Å²) in [5.41, 5.74) is 3.28. The summed E-state index contributed by atoms with van der Waals surface area (Å²) in [7, 11) is 0. The third-order valence-corrected chi connectivity index (χ3v) is 4.07. The zero-order valence-corrected chi connectivity index (χ0v) is 15.2. The molecule has 0 unspecified atom stereocenters. The number of aryl methyl sites for hydroxylation is 2. The maximum atomic E-state index is 12.0. The second-order valence-electron chi connectivity index (χ2n) is 5.10. The number of carbonyl (C=O) groups excluding carboxylic acids is 2. The highest BCUT2D eigenvalue weighted by molar-refractivity contribution is 14.1. The van der Waals surface area contributed by atoms with Crippen LogP contribution in [0.15, 0.2) is 42.5 Å². The molecule has 2 aromatic rings. The van der Waals surface area contributed by atoms with Crippen LogP contribution in [0.5, 0.6) is 0 Å². The van der Waals surface area contributed by atoms with E-state index in [0.29, 0.717) is 5.56 Å². The first kappa shape index (κ1) is 17.5. The molecule has 120 valence electrons. The van der Waals surface area contributed by atoms with Crippen molar-refractivity contribution in [3.63, 3.8) is 0 Å². The third kappa shape index (κ3) is 4.79. The van der Waals surface area contributed by atoms with E-state index in [1.54, 1.807) is 18.2 Å². The molecule has 0 saturated carbocycles. The van der Waals surface area contributed by atoms with E-state index >= 15 is 0 Å². The number of amides is 1. The van der Waals surface area contributed by atoms with Gasteiger partial charge in [0.05, 0.1) is 5.56 Å². The molecule has 5 heteroatoms. The molecular formula is C18H18INO3. The van der Waals surface area contributed by atoms with E-state index in [9.17, 15) is 9.59 Å². The highest BCUT2D eigenvalue weighted by atomic mass is 127. The van der Waals surface area contributed by atoms with Crippen LogP contribution in [0, 0.1) is 10.5 Å². The fraction of sp³-hybridized carbons (Fsp3) is 0.222. The summed E-state index contributed by atoms with van der Waals surface area (Å²) in [6.07, 6.45) is 0.819. The minimum Gasteiger partial charge on any atom is -0.452 e. The largest absolute Gasteiger partial charge is 0.452 e. The van der Waals surface area contributed by atoms with Gasteiger partial charge < -0.3 is 10.1 Å². The van der Waals surface area contributed by atoms with Crippen molar-refractivity contribution in [1.82, 2.24) is 0 Å². The Balaban J connectivity index is 1.97. The van der Waals surface area contributed by atoms with Crippen molar-refractivity contribution in [2.45, 2.75) is 20.3 Å². The van der Waals surface area contributed by atoms with Crippen molar-refractivity contribution in [3.05, 3.63) is 62.7 Å². The predicted molar refractivity (Wildman–Crippen MR) is 98.6 cm³/mol. The highest BCUT2D eigenvalue weighted by Crippen LogP contribution is 2.21. The van der Waals surface area contributed by atoms with Crippen molar-refractivity contribution in [2.75, 3.05) is 11.9 Å². The summed E-state index contributed by atoms with van der Waals surface area (Å²) in [6, 6.07) is 12.9. The number of carbonyl (C=O) groups is 2. The molecule has 0 bridgehead atoms. The van der Waals surface area contributed by atoms with E-state index in [1.807, 2.05) is 38.1 Å². The van der Waals surface area contributed by atoms with Gasteiger partial charge in [0.1, 0.15) is 0 Å². The lowest BCUT2D eigenvalue weighted by Gasteiger charge is -2.13. The number of benzene rings is 2. The first-order valence-corrected chi connectivity index (χ1v) is 8.40. The quantitative estimate of drug-likeness (QED) is 0.585. The Morgan fingerprint density at radius 1 is 1.17 bits per heavy atom. The summed E-state index contributed by atoms with van der Waals surface area (Å²) < 4.78 is 6.02. The van der Waals surface area contributed by atoms with E-state index in [0.717, 1.165) is 26.8 Å². The summed E-state index contributed by atoms with van der Waals surface area (Å²) in [5.74, 6) is -0.841. The number of ether oxygens (including phenoxy) is 1. The van der Waals surface area contributed by atoms with Gasteiger partial charge in [-0.15, -0.1) is 0 Å². The van der Waals surface area contributed by atoms with Crippen molar-refractivity contribution in [3.8, 4) is 0 Å². The van der Waals surface area contributed by atoms with Gasteiger partial charge in [-0.05, 0) is 65.3 Å². The van der Waals surface area contributed by atoms with E-state index in [2.05, 4.69) is 27.9 Å². The Bertz CT molecular complexity index is 728. The number of hydrogen-bond acceptors (Lipinski definition) is 3. The molecule has 0 heterocycles. The van der Waals surface area contributed by atoms with Gasteiger partial charge in [-0.3, -0.25) is 4.79 Å². The van der Waals surface area contributed by atoms with Gasteiger partial charge in [0, 0.05) is 9.26 Å². The summed E-state index contributed by atoms with van der Waals surface area (Å²) >= 11 is 2.12. The first-order chi connectivity index (χ1) is 11.0. The molecule has 23 heavy (non-hydrogen) atoms. The molecule has 2 aromatic carbocycles. The van der Waals surface area contributed by atoms with Crippen LogP contribution in [0.4, 0.5) is 5.69 Å². The number of halogens is 1. The SMILES string of the molecule is CCc1cccc(C)c1NC(=O)COC(=O)c1cccc(I)c1. The van der Waals surface area contributed by atoms with Crippen LogP contribution in [0.1, 0.15) is 28.4 Å². The van der Waals surface area contributed by atoms with Crippen molar-refractivity contribution >= 4 is 40.2 Å². The van der Waals surface area contributed by atoms with Gasteiger partial charge in [-0.25, -0.2) is 4.79 Å². The molecule has 0 radical (unpaired) electrons. The smallest absolute Gasteiger partial charge is 0.338 e. The fourth-order valence-corrected chi connectivity index (χ4v) is 2.75. The summed E-state index contributed by atoms with van der Waals surface area (Å²) in [5, 5.41) is 2.83. The second-order valence-corrected chi connectivity index (χ2v) is 6.34. The molecule has 1 amide bonds. The Morgan fingerprint density at radius 2 is 1.91 bits per heavy atom. The van der Waals surface area contributed by atoms with Crippen molar-refractivity contribution in [2.24, 2.45) is 0 Å². The lowest BCUT2D eigenvalue weighted by atomic mass is 10.1. The third-order valence-electron chi connectivity index (χ3n) is 3.40. The lowest BCUT2D eigenvalue weighted by molar-refractivity contribution is -0.119. The molecule has 4 nitrogen and oxygen atoms in total. The predicted octanol–water partition coefficient (Wildman–Crippen LogP) is 3.96. The Kier molecular flexibility index (Phi) is 6.15. The monoisotopic (exact) mass is 423 g/mol. The zero-order chi connectivity index (χ0) is 16.8. The van der Waals surface area contributed by atoms with E-state index in [4.69, 9.17) is 4.74 Å². The van der Waals surface area contributed by atoms with Gasteiger partial charge in [-0.1, -0.05) is 31.2 Å². The first-order valence-electron chi connectivity index (χ1n) is 7.32. The minimum absolute atomic E-state index is 0.304. The standard InChI is InChI=1S/C18H18INO3/c1-3-13-7-4-6-12(2)17(13)20-16(21)11-23-18(22)14-8-5-9-15(19)10-14/h4-10H,3,11H2,1-2H3,(H,20,21). The number of para-hydroxylation sites is 1. The molecule has 0 aliphatic heterocycles. The zero-order valence-electron chi connectivity index (χ0n) is 13.1. The number of esters is 1. The topological polar surface area (TPSA) is 55.4 Å². The van der Waals surface area contributed by atoms with Gasteiger partial charge in [-0.2, -0.15) is 0 Å². The molecule has 0 saturated heterocycles. The maximum absolute atomic E-state index is 12.0. The number of rotatable bonds is 5. The average Bonchev–Trinajstić information content (AvgIpc) is 2.54. The van der Waals surface area contributed by atoms with Crippen LogP contribution in [-0.2, 0) is 16.0 Å². The number of anilines is 1. The van der Waals surface area contributed by atoms with Crippen molar-refractivity contribution in [1.29, 1.82) is 0 Å². The normalized spacial score (nSPS) is 10.2. The van der Waals surface area contributed by atoms with E-state index < -0.39 is 5.97 Å². The number of nitrogens with one attached hydrogen (secondary N) is 1. The van der Waals surface area contributed by atoms with Crippen molar-refractivity contribution < 1.29 is 14.3 Å². The molecule has 0 aliphatic rings. The second kappa shape index (κ2) is 8.10. The average molecular weight is 423 g/mol. The summed E-state index contributed by atoms with van der Waals surface area (Å²) in [6.45, 7) is 3.66. The van der Waals surface area contributed by atoms with Gasteiger partial charge in [0.15, 0.2) is 6.61 Å². The Labute approximate surface area is 149 Å². The molecule has 0 aromatic heterocycles. The highest BCUT2D eigenvalue weighted by Gasteiger charge is 2.12. The van der Waals surface area contributed by atoms with Crippen LogP contribution in [0.3, 0.4) is 0 Å². The van der Waals surface area contributed by atoms with Crippen LogP contribution < -0.4 is 5.32 Å². The van der Waals surface area contributed by atoms with Crippen LogP contribution in [-0.4, -0.2) is 18.5 Å². The fourth-order valence-electron chi connectivity index (χ4n) is 2.21. The van der Waals surface area contributed by atoms with Crippen LogP contribution in [0.25, 0.3) is 0 Å².